The number of nitrogens with zero attached hydrogens (tertiary/aromatic N) is 5. The summed E-state index contributed by atoms with van der Waals surface area (Å²) in [5, 5.41) is 14.4. The molecule has 0 aromatic carbocycles. The Morgan fingerprint density at radius 2 is 2.00 bits per heavy atom. The van der Waals surface area contributed by atoms with Crippen LogP contribution in [0, 0.1) is 17.0 Å². The zero-order valence-corrected chi connectivity index (χ0v) is 11.9. The third-order valence-corrected chi connectivity index (χ3v) is 4.27. The SMILES string of the molecule is Cc1nc([N+](=O)[O-])c(N2CC(N3CCNCC3)C2)n1C. The van der Waals surface area contributed by atoms with Crippen LogP contribution in [0.15, 0.2) is 0 Å². The summed E-state index contributed by atoms with van der Waals surface area (Å²) in [6, 6.07) is 0.506. The van der Waals surface area contributed by atoms with Gasteiger partial charge in [0.2, 0.25) is 11.6 Å². The van der Waals surface area contributed by atoms with E-state index >= 15 is 0 Å². The van der Waals surface area contributed by atoms with Crippen LogP contribution in [0.1, 0.15) is 5.82 Å². The van der Waals surface area contributed by atoms with Gasteiger partial charge >= 0.3 is 5.82 Å². The minimum absolute atomic E-state index is 0.0243. The van der Waals surface area contributed by atoms with Crippen LogP contribution < -0.4 is 10.2 Å². The molecule has 2 saturated heterocycles. The number of aromatic nitrogens is 2. The molecule has 0 bridgehead atoms. The molecule has 2 aliphatic rings. The predicted octanol–water partition coefficient (Wildman–Crippen LogP) is -0.269. The molecule has 0 radical (unpaired) electrons. The normalized spacial score (nSPS) is 21.0. The number of rotatable bonds is 3. The van der Waals surface area contributed by atoms with Crippen molar-refractivity contribution >= 4 is 11.6 Å². The second-order valence-electron chi connectivity index (χ2n) is 5.47. The molecule has 110 valence electrons. The lowest BCUT2D eigenvalue weighted by Crippen LogP contribution is -2.63. The fraction of sp³-hybridized carbons (Fsp3) is 0.750. The molecule has 0 saturated carbocycles. The maximum absolute atomic E-state index is 11.1. The van der Waals surface area contributed by atoms with Crippen molar-refractivity contribution in [2.75, 3.05) is 44.2 Å². The van der Waals surface area contributed by atoms with Crippen LogP contribution in [-0.4, -0.2) is 64.7 Å². The van der Waals surface area contributed by atoms with E-state index in [2.05, 4.69) is 20.1 Å². The van der Waals surface area contributed by atoms with E-state index in [-0.39, 0.29) is 10.7 Å². The average molecular weight is 280 g/mol. The fourth-order valence-corrected chi connectivity index (χ4v) is 2.96. The van der Waals surface area contributed by atoms with Crippen molar-refractivity contribution in [3.8, 4) is 0 Å². The average Bonchev–Trinajstić information content (AvgIpc) is 2.67. The molecule has 0 spiro atoms. The van der Waals surface area contributed by atoms with Crippen LogP contribution >= 0.6 is 0 Å². The third kappa shape index (κ3) is 2.14. The Labute approximate surface area is 117 Å². The monoisotopic (exact) mass is 280 g/mol. The summed E-state index contributed by atoms with van der Waals surface area (Å²) in [6.07, 6.45) is 0. The standard InChI is InChI=1S/C12H20N6O2/c1-9-14-11(18(19)20)12(15(9)2)17-7-10(8-17)16-5-3-13-4-6-16/h10,13H,3-8H2,1-2H3. The molecule has 8 nitrogen and oxygen atoms in total. The molecular weight excluding hydrogens is 260 g/mol. The van der Waals surface area contributed by atoms with Crippen molar-refractivity contribution in [3.63, 3.8) is 0 Å². The van der Waals surface area contributed by atoms with Crippen LogP contribution in [0.3, 0.4) is 0 Å². The number of anilines is 1. The second-order valence-corrected chi connectivity index (χ2v) is 5.47. The summed E-state index contributed by atoms with van der Waals surface area (Å²) < 4.78 is 1.81. The molecular formula is C12H20N6O2. The Balaban J connectivity index is 1.71. The van der Waals surface area contributed by atoms with Crippen LogP contribution in [0.25, 0.3) is 0 Å². The third-order valence-electron chi connectivity index (χ3n) is 4.27. The maximum atomic E-state index is 11.1. The highest BCUT2D eigenvalue weighted by atomic mass is 16.6. The van der Waals surface area contributed by atoms with Gasteiger partial charge in [0.15, 0.2) is 0 Å². The van der Waals surface area contributed by atoms with Gasteiger partial charge in [-0.15, -0.1) is 0 Å². The minimum atomic E-state index is -0.388. The van der Waals surface area contributed by atoms with Crippen molar-refractivity contribution in [2.24, 2.45) is 7.05 Å². The molecule has 20 heavy (non-hydrogen) atoms. The first-order valence-corrected chi connectivity index (χ1v) is 6.95. The van der Waals surface area contributed by atoms with Gasteiger partial charge in [0, 0.05) is 59.3 Å². The Morgan fingerprint density at radius 1 is 1.35 bits per heavy atom. The van der Waals surface area contributed by atoms with Crippen molar-refractivity contribution in [3.05, 3.63) is 15.9 Å². The number of hydrogen-bond donors (Lipinski definition) is 1. The van der Waals surface area contributed by atoms with Crippen molar-refractivity contribution < 1.29 is 4.92 Å². The second kappa shape index (κ2) is 5.02. The zero-order chi connectivity index (χ0) is 14.3. The number of aryl methyl sites for hydroxylation is 1. The van der Waals surface area contributed by atoms with Crippen molar-refractivity contribution in [1.82, 2.24) is 19.8 Å². The predicted molar refractivity (Wildman–Crippen MR) is 75.0 cm³/mol. The first-order valence-electron chi connectivity index (χ1n) is 6.95. The Bertz CT molecular complexity index is 516. The first-order chi connectivity index (χ1) is 9.58. The topological polar surface area (TPSA) is 79.5 Å². The summed E-state index contributed by atoms with van der Waals surface area (Å²) >= 11 is 0. The highest BCUT2D eigenvalue weighted by molar-refractivity contribution is 5.58. The number of nitro groups is 1. The first kappa shape index (κ1) is 13.3. The smallest absolute Gasteiger partial charge is 0.358 e. The van der Waals surface area contributed by atoms with Gasteiger partial charge in [-0.3, -0.25) is 9.47 Å². The van der Waals surface area contributed by atoms with E-state index in [1.54, 1.807) is 6.92 Å². The summed E-state index contributed by atoms with van der Waals surface area (Å²) in [5.74, 6) is 1.29. The summed E-state index contributed by atoms with van der Waals surface area (Å²) in [4.78, 5) is 19.3. The quantitative estimate of drug-likeness (QED) is 0.606. The highest BCUT2D eigenvalue weighted by Gasteiger charge is 2.38. The summed E-state index contributed by atoms with van der Waals surface area (Å²) in [7, 11) is 1.84. The molecule has 0 aliphatic carbocycles. The van der Waals surface area contributed by atoms with Gasteiger partial charge in [0.25, 0.3) is 0 Å². The Morgan fingerprint density at radius 3 is 2.60 bits per heavy atom. The molecule has 3 heterocycles. The van der Waals surface area contributed by atoms with E-state index in [1.807, 2.05) is 11.6 Å². The molecule has 2 aliphatic heterocycles. The van der Waals surface area contributed by atoms with E-state index in [0.717, 1.165) is 39.3 Å². The zero-order valence-electron chi connectivity index (χ0n) is 11.9. The van der Waals surface area contributed by atoms with Gasteiger partial charge in [-0.1, -0.05) is 0 Å². The number of imidazole rings is 1. The van der Waals surface area contributed by atoms with Crippen LogP contribution in [-0.2, 0) is 7.05 Å². The van der Waals surface area contributed by atoms with Gasteiger partial charge < -0.3 is 20.3 Å². The van der Waals surface area contributed by atoms with Gasteiger partial charge in [-0.2, -0.15) is 0 Å². The molecule has 8 heteroatoms. The number of piperazine rings is 1. The van der Waals surface area contributed by atoms with E-state index < -0.39 is 0 Å². The van der Waals surface area contributed by atoms with Crippen molar-refractivity contribution in [2.45, 2.75) is 13.0 Å². The highest BCUT2D eigenvalue weighted by Crippen LogP contribution is 2.32. The number of hydrogen-bond acceptors (Lipinski definition) is 6. The minimum Gasteiger partial charge on any atom is -0.358 e. The molecule has 0 atom stereocenters. The molecule has 2 fully saturated rings. The lowest BCUT2D eigenvalue weighted by molar-refractivity contribution is -0.388. The van der Waals surface area contributed by atoms with E-state index in [0.29, 0.717) is 17.7 Å². The van der Waals surface area contributed by atoms with E-state index in [9.17, 15) is 10.1 Å². The lowest BCUT2D eigenvalue weighted by atomic mass is 10.1. The Kier molecular flexibility index (Phi) is 3.35. The summed E-state index contributed by atoms with van der Waals surface area (Å²) in [5.41, 5.74) is 0. The maximum Gasteiger partial charge on any atom is 0.406 e. The van der Waals surface area contributed by atoms with Gasteiger partial charge in [-0.25, -0.2) is 0 Å². The van der Waals surface area contributed by atoms with Crippen LogP contribution in [0.4, 0.5) is 11.6 Å². The summed E-state index contributed by atoms with van der Waals surface area (Å²) in [6.45, 7) is 7.67. The van der Waals surface area contributed by atoms with E-state index in [1.165, 1.54) is 0 Å². The Hall–Kier alpha value is -1.67. The molecule has 0 unspecified atom stereocenters. The van der Waals surface area contributed by atoms with Crippen LogP contribution in [0.2, 0.25) is 0 Å². The lowest BCUT2D eigenvalue weighted by Gasteiger charge is -2.47. The fourth-order valence-electron chi connectivity index (χ4n) is 2.96. The molecule has 0 amide bonds. The van der Waals surface area contributed by atoms with Gasteiger partial charge in [-0.05, 0) is 9.91 Å². The van der Waals surface area contributed by atoms with Crippen LogP contribution in [0.5, 0.6) is 0 Å². The van der Waals surface area contributed by atoms with Crippen molar-refractivity contribution in [1.29, 1.82) is 0 Å². The number of nitrogens with one attached hydrogen (secondary N) is 1. The van der Waals surface area contributed by atoms with Gasteiger partial charge in [0.05, 0.1) is 0 Å². The molecule has 3 rings (SSSR count). The van der Waals surface area contributed by atoms with Gasteiger partial charge in [0.1, 0.15) is 0 Å². The largest absolute Gasteiger partial charge is 0.406 e. The molecule has 1 aromatic rings. The van der Waals surface area contributed by atoms with E-state index in [4.69, 9.17) is 0 Å². The molecule has 1 aromatic heterocycles. The molecule has 1 N–H and O–H groups in total.